The summed E-state index contributed by atoms with van der Waals surface area (Å²) in [5, 5.41) is 42.8. The molecule has 3 rings (SSSR count). The number of benzene rings is 2. The minimum Gasteiger partial charge on any atom is -0.508 e. The summed E-state index contributed by atoms with van der Waals surface area (Å²) in [6.07, 6.45) is 0.658. The predicted molar refractivity (Wildman–Crippen MR) is 259 cm³/mol. The standard InChI is InChI=1S/C47H64N10O13S/c1-25(2)18-33(43(66)56-36(22-39(62)63)47(70)71-17-16-38(60)61)53-44(67)34(20-27-8-6-5-7-9-27)55-46(69)40(26(3)4)57-45(68)35(21-29-23-50-24-51-29)54-42(65)32(14-15-37(49)59)52-41(64)31(48)19-28-10-12-30(58)13-11-28/h5-13,23-26,31-36,40,58H,14-22,48H2,1-4H3,(H2,49,59)(H,50,51)(H,52,64)(H,53,67)(H,54,65)(H,55,69)(H,56,66)(H,57,68)(H,60,61)(H,62,63)/t31-,32-,33-,34-,35-,36-,40-/m0/s1. The van der Waals surface area contributed by atoms with Gasteiger partial charge in [-0.05, 0) is 54.4 Å². The molecule has 2 aromatic carbocycles. The summed E-state index contributed by atoms with van der Waals surface area (Å²) in [5.74, 6) is -9.52. The third kappa shape index (κ3) is 21.0. The van der Waals surface area contributed by atoms with Crippen molar-refractivity contribution in [1.29, 1.82) is 0 Å². The van der Waals surface area contributed by atoms with Crippen molar-refractivity contribution >= 4 is 70.2 Å². The highest BCUT2D eigenvalue weighted by molar-refractivity contribution is 8.13. The number of nitrogens with zero attached hydrogens (tertiary/aromatic N) is 1. The van der Waals surface area contributed by atoms with Gasteiger partial charge in [-0.15, -0.1) is 0 Å². The SMILES string of the molecule is CC(C)C[C@H](NC(=O)[C@H](Cc1ccccc1)NC(=O)[C@@H](NC(=O)[C@H](Cc1cnc[nH]1)NC(=O)[C@H](CCC(N)=O)NC(=O)[C@@H](N)Cc1ccc(O)cc1)C(C)C)C(=O)N[C@@H](CC(=O)O)C(=O)SCCC(=O)O. The number of imidazole rings is 1. The van der Waals surface area contributed by atoms with Crippen molar-refractivity contribution in [3.63, 3.8) is 0 Å². The number of thioether (sulfide) groups is 1. The second-order valence-electron chi connectivity index (χ2n) is 17.5. The van der Waals surface area contributed by atoms with Gasteiger partial charge in [0.15, 0.2) is 0 Å². The van der Waals surface area contributed by atoms with Crippen LogP contribution in [0.2, 0.25) is 0 Å². The molecular weight excluding hydrogens is 945 g/mol. The van der Waals surface area contributed by atoms with Crippen molar-refractivity contribution in [3.8, 4) is 5.75 Å². The molecule has 7 amide bonds. The van der Waals surface area contributed by atoms with Crippen molar-refractivity contribution in [3.05, 3.63) is 83.9 Å². The molecule has 0 bridgehead atoms. The largest absolute Gasteiger partial charge is 0.508 e. The van der Waals surface area contributed by atoms with Crippen molar-refractivity contribution in [2.45, 2.75) is 121 Å². The van der Waals surface area contributed by atoms with Crippen LogP contribution in [-0.2, 0) is 67.2 Å². The molecule has 1 aromatic heterocycles. The summed E-state index contributed by atoms with van der Waals surface area (Å²) in [7, 11) is 0. The topological polar surface area (TPSA) is 384 Å². The fraction of sp³-hybridized carbons (Fsp3) is 0.468. The number of aliphatic carboxylic acids is 2. The third-order valence-corrected chi connectivity index (χ3v) is 11.7. The van der Waals surface area contributed by atoms with Gasteiger partial charge in [-0.25, -0.2) is 4.98 Å². The van der Waals surface area contributed by atoms with Gasteiger partial charge in [0.05, 0.1) is 25.2 Å². The molecule has 7 atom stereocenters. The number of carbonyl (C=O) groups is 10. The van der Waals surface area contributed by atoms with Gasteiger partial charge in [0.25, 0.3) is 0 Å². The molecule has 71 heavy (non-hydrogen) atoms. The van der Waals surface area contributed by atoms with Crippen LogP contribution in [0, 0.1) is 11.8 Å². The summed E-state index contributed by atoms with van der Waals surface area (Å²) in [6, 6.07) is 4.85. The van der Waals surface area contributed by atoms with Crippen LogP contribution < -0.4 is 43.4 Å². The van der Waals surface area contributed by atoms with Gasteiger partial charge in [-0.2, -0.15) is 0 Å². The molecule has 0 aliphatic heterocycles. The van der Waals surface area contributed by atoms with E-state index in [2.05, 4.69) is 41.9 Å². The summed E-state index contributed by atoms with van der Waals surface area (Å²) >= 11 is 0.543. The number of carboxylic acids is 2. The van der Waals surface area contributed by atoms with Crippen molar-refractivity contribution in [2.75, 3.05) is 5.75 Å². The highest BCUT2D eigenvalue weighted by Crippen LogP contribution is 2.15. The number of rotatable bonds is 30. The molecule has 24 heteroatoms. The van der Waals surface area contributed by atoms with Gasteiger partial charge in [0, 0.05) is 36.9 Å². The first-order valence-corrected chi connectivity index (χ1v) is 23.8. The maximum absolute atomic E-state index is 14.3. The Kier molecular flexibility index (Phi) is 23.7. The summed E-state index contributed by atoms with van der Waals surface area (Å²) in [5.41, 5.74) is 13.1. The Bertz CT molecular complexity index is 2300. The number of carboxylic acid groups (broad SMARTS) is 2. The molecule has 23 nitrogen and oxygen atoms in total. The average molecular weight is 1010 g/mol. The first kappa shape index (κ1) is 58.0. The van der Waals surface area contributed by atoms with E-state index < -0.39 is 119 Å². The number of primary amides is 1. The normalized spacial score (nSPS) is 14.1. The van der Waals surface area contributed by atoms with Crippen molar-refractivity contribution in [1.82, 2.24) is 41.9 Å². The molecule has 1 heterocycles. The van der Waals surface area contributed by atoms with Crippen LogP contribution in [0.25, 0.3) is 0 Å². The maximum Gasteiger partial charge on any atom is 0.305 e. The molecule has 0 spiro atoms. The molecule has 386 valence electrons. The Morgan fingerprint density at radius 2 is 1.18 bits per heavy atom. The molecule has 0 aliphatic rings. The van der Waals surface area contributed by atoms with Crippen LogP contribution in [0.3, 0.4) is 0 Å². The minimum atomic E-state index is -1.57. The number of H-pyrrole nitrogens is 1. The van der Waals surface area contributed by atoms with Gasteiger partial charge in [0.1, 0.15) is 42.0 Å². The maximum atomic E-state index is 14.3. The zero-order valence-electron chi connectivity index (χ0n) is 39.8. The Labute approximate surface area is 414 Å². The molecule has 0 saturated heterocycles. The van der Waals surface area contributed by atoms with E-state index in [-0.39, 0.29) is 55.9 Å². The predicted octanol–water partition coefficient (Wildman–Crippen LogP) is -0.444. The van der Waals surface area contributed by atoms with E-state index in [1.165, 1.54) is 24.7 Å². The average Bonchev–Trinajstić information content (AvgIpc) is 3.82. The Morgan fingerprint density at radius 3 is 1.76 bits per heavy atom. The number of amides is 7. The van der Waals surface area contributed by atoms with Gasteiger partial charge in [-0.1, -0.05) is 81.9 Å². The lowest BCUT2D eigenvalue weighted by molar-refractivity contribution is -0.140. The number of aromatic nitrogens is 2. The molecule has 0 unspecified atom stereocenters. The lowest BCUT2D eigenvalue weighted by Crippen LogP contribution is -2.61. The number of phenols is 1. The molecule has 0 aliphatic carbocycles. The van der Waals surface area contributed by atoms with E-state index in [1.807, 2.05) is 0 Å². The van der Waals surface area contributed by atoms with E-state index in [1.54, 1.807) is 70.2 Å². The van der Waals surface area contributed by atoms with Gasteiger partial charge in [-0.3, -0.25) is 47.9 Å². The van der Waals surface area contributed by atoms with Gasteiger partial charge in [0.2, 0.25) is 46.5 Å². The molecule has 0 fully saturated rings. The fourth-order valence-electron chi connectivity index (χ4n) is 6.98. The third-order valence-electron chi connectivity index (χ3n) is 10.7. The summed E-state index contributed by atoms with van der Waals surface area (Å²) in [4.78, 5) is 138. The van der Waals surface area contributed by atoms with Crippen LogP contribution >= 0.6 is 11.8 Å². The summed E-state index contributed by atoms with van der Waals surface area (Å²) < 4.78 is 0. The molecular formula is C47H64N10O13S. The number of hydrogen-bond acceptors (Lipinski definition) is 14. The fourth-order valence-corrected chi connectivity index (χ4v) is 7.80. The number of phenolic OH excluding ortho intramolecular Hbond substituents is 1. The number of aromatic hydroxyl groups is 1. The number of nitrogens with two attached hydrogens (primary N) is 2. The first-order valence-electron chi connectivity index (χ1n) is 22.8. The lowest BCUT2D eigenvalue weighted by atomic mass is 9.99. The van der Waals surface area contributed by atoms with Crippen molar-refractivity contribution < 1.29 is 63.3 Å². The number of carbonyl (C=O) groups excluding carboxylic acids is 8. The smallest absolute Gasteiger partial charge is 0.305 e. The monoisotopic (exact) mass is 1010 g/mol. The number of nitrogens with one attached hydrogen (secondary N) is 7. The second kappa shape index (κ2) is 29.0. The van der Waals surface area contributed by atoms with Gasteiger partial charge >= 0.3 is 11.9 Å². The minimum absolute atomic E-state index is 0.00528. The lowest BCUT2D eigenvalue weighted by Gasteiger charge is -2.29. The van der Waals surface area contributed by atoms with Crippen LogP contribution in [0.1, 0.15) is 76.6 Å². The van der Waals surface area contributed by atoms with E-state index >= 15 is 0 Å². The van der Waals surface area contributed by atoms with E-state index in [0.29, 0.717) is 28.6 Å². The van der Waals surface area contributed by atoms with E-state index in [9.17, 15) is 58.2 Å². The molecule has 0 radical (unpaired) electrons. The Morgan fingerprint density at radius 1 is 0.634 bits per heavy atom. The van der Waals surface area contributed by atoms with Crippen LogP contribution in [-0.4, -0.2) is 132 Å². The molecule has 0 saturated carbocycles. The van der Waals surface area contributed by atoms with Gasteiger partial charge < -0.3 is 63.7 Å². The molecule has 14 N–H and O–H groups in total. The van der Waals surface area contributed by atoms with Crippen molar-refractivity contribution in [2.24, 2.45) is 23.3 Å². The highest BCUT2D eigenvalue weighted by atomic mass is 32.2. The zero-order chi connectivity index (χ0) is 52.8. The summed E-state index contributed by atoms with van der Waals surface area (Å²) in [6.45, 7) is 6.74. The van der Waals surface area contributed by atoms with E-state index in [4.69, 9.17) is 16.6 Å². The van der Waals surface area contributed by atoms with E-state index in [0.717, 1.165) is 0 Å². The molecule has 3 aromatic rings. The van der Waals surface area contributed by atoms with Crippen LogP contribution in [0.4, 0.5) is 0 Å². The number of hydrogen-bond donors (Lipinski definition) is 12. The Hall–Kier alpha value is -7.34. The second-order valence-corrected chi connectivity index (χ2v) is 18.6. The Balaban J connectivity index is 1.88. The first-order chi connectivity index (χ1) is 33.5. The highest BCUT2D eigenvalue weighted by Gasteiger charge is 2.36. The quantitative estimate of drug-likeness (QED) is 0.0403. The zero-order valence-corrected chi connectivity index (χ0v) is 40.7. The van der Waals surface area contributed by atoms with Crippen LogP contribution in [0.15, 0.2) is 67.1 Å². The number of aromatic amines is 1. The van der Waals surface area contributed by atoms with Crippen LogP contribution in [0.5, 0.6) is 5.75 Å².